The summed E-state index contributed by atoms with van der Waals surface area (Å²) in [5.41, 5.74) is 0. The molecular formula is C36H66O6. The zero-order chi connectivity index (χ0) is 30.9. The van der Waals surface area contributed by atoms with Crippen LogP contribution in [0.1, 0.15) is 206 Å². The summed E-state index contributed by atoms with van der Waals surface area (Å²) in [6.07, 6.45) is 31.7. The molecule has 0 aromatic carbocycles. The van der Waals surface area contributed by atoms with E-state index in [0.29, 0.717) is 12.8 Å². The third-order valence-electron chi connectivity index (χ3n) is 7.96. The lowest BCUT2D eigenvalue weighted by Gasteiger charge is -2.05. The van der Waals surface area contributed by atoms with Gasteiger partial charge >= 0.3 is 23.9 Å². The van der Waals surface area contributed by atoms with Crippen molar-refractivity contribution < 1.29 is 28.7 Å². The van der Waals surface area contributed by atoms with Gasteiger partial charge in [0, 0.05) is 12.8 Å². The number of ether oxygens (including phenoxy) is 2. The molecule has 0 aromatic heterocycles. The largest absolute Gasteiger partial charge is 0.393 e. The Morgan fingerprint density at radius 1 is 0.286 bits per heavy atom. The lowest BCUT2D eigenvalue weighted by Crippen LogP contribution is -2.16. The number of esters is 4. The fourth-order valence-electron chi connectivity index (χ4n) is 5.24. The molecule has 0 aliphatic carbocycles. The van der Waals surface area contributed by atoms with Crippen molar-refractivity contribution in [2.24, 2.45) is 0 Å². The Balaban J connectivity index is 3.52. The second-order valence-electron chi connectivity index (χ2n) is 12.2. The number of hydrogen-bond acceptors (Lipinski definition) is 6. The van der Waals surface area contributed by atoms with Gasteiger partial charge in [-0.2, -0.15) is 0 Å². The van der Waals surface area contributed by atoms with Gasteiger partial charge in [0.15, 0.2) is 0 Å². The second kappa shape index (κ2) is 32.2. The van der Waals surface area contributed by atoms with Crippen LogP contribution in [0.5, 0.6) is 0 Å². The molecule has 0 amide bonds. The first-order chi connectivity index (χ1) is 20.5. The predicted octanol–water partition coefficient (Wildman–Crippen LogP) is 10.9. The quantitative estimate of drug-likeness (QED) is 0.0451. The third kappa shape index (κ3) is 31.2. The number of rotatable bonds is 31. The molecule has 0 saturated heterocycles. The number of carbonyl (C=O) groups excluding carboxylic acids is 4. The molecule has 0 rings (SSSR count). The first-order valence-electron chi connectivity index (χ1n) is 18.0. The Labute approximate surface area is 258 Å². The zero-order valence-corrected chi connectivity index (χ0v) is 27.7. The normalized spacial score (nSPS) is 11.0. The number of carbonyl (C=O) groups is 4. The highest BCUT2D eigenvalue weighted by Crippen LogP contribution is 2.15. The van der Waals surface area contributed by atoms with Crippen LogP contribution in [0, 0.1) is 0 Å². The SMILES string of the molecule is CCCCCCCCCCCCCCCC(=O)OC(=O)CCC(=O)OC(=O)CCCCCCCCCCCCCCC. The van der Waals surface area contributed by atoms with E-state index in [1.807, 2.05) is 0 Å². The molecule has 42 heavy (non-hydrogen) atoms. The molecule has 0 aromatic rings. The first kappa shape index (κ1) is 40.3. The van der Waals surface area contributed by atoms with Gasteiger partial charge in [-0.3, -0.25) is 19.2 Å². The lowest BCUT2D eigenvalue weighted by molar-refractivity contribution is -0.165. The minimum atomic E-state index is -0.740. The van der Waals surface area contributed by atoms with Gasteiger partial charge < -0.3 is 9.47 Å². The van der Waals surface area contributed by atoms with Crippen LogP contribution in [0.4, 0.5) is 0 Å². The van der Waals surface area contributed by atoms with Crippen LogP contribution < -0.4 is 0 Å². The fraction of sp³-hybridized carbons (Fsp3) is 0.889. The minimum Gasteiger partial charge on any atom is -0.393 e. The molecule has 6 heteroatoms. The summed E-state index contributed by atoms with van der Waals surface area (Å²) in [5, 5.41) is 0. The fourth-order valence-corrected chi connectivity index (χ4v) is 5.24. The molecule has 0 fully saturated rings. The van der Waals surface area contributed by atoms with Crippen molar-refractivity contribution in [3.05, 3.63) is 0 Å². The van der Waals surface area contributed by atoms with Crippen molar-refractivity contribution in [3.8, 4) is 0 Å². The van der Waals surface area contributed by atoms with Crippen molar-refractivity contribution in [2.75, 3.05) is 0 Å². The minimum absolute atomic E-state index is 0.214. The Bertz CT molecular complexity index is 603. The maximum atomic E-state index is 11.9. The third-order valence-corrected chi connectivity index (χ3v) is 7.96. The highest BCUT2D eigenvalue weighted by molar-refractivity contribution is 5.89. The van der Waals surface area contributed by atoms with Gasteiger partial charge in [-0.25, -0.2) is 0 Å². The molecular weight excluding hydrogens is 528 g/mol. The van der Waals surface area contributed by atoms with E-state index in [-0.39, 0.29) is 25.7 Å². The Morgan fingerprint density at radius 2 is 0.476 bits per heavy atom. The van der Waals surface area contributed by atoms with Gasteiger partial charge in [0.05, 0.1) is 12.8 Å². The van der Waals surface area contributed by atoms with E-state index in [9.17, 15) is 19.2 Å². The van der Waals surface area contributed by atoms with E-state index in [2.05, 4.69) is 13.8 Å². The van der Waals surface area contributed by atoms with Crippen molar-refractivity contribution >= 4 is 23.9 Å². The maximum Gasteiger partial charge on any atom is 0.314 e. The Hall–Kier alpha value is -1.72. The monoisotopic (exact) mass is 594 g/mol. The summed E-state index contributed by atoms with van der Waals surface area (Å²) >= 11 is 0. The molecule has 0 radical (unpaired) electrons. The number of unbranched alkanes of at least 4 members (excludes halogenated alkanes) is 24. The van der Waals surface area contributed by atoms with Gasteiger partial charge in [-0.15, -0.1) is 0 Å². The summed E-state index contributed by atoms with van der Waals surface area (Å²) in [6.45, 7) is 4.49. The van der Waals surface area contributed by atoms with Crippen molar-refractivity contribution in [2.45, 2.75) is 206 Å². The van der Waals surface area contributed by atoms with E-state index >= 15 is 0 Å². The van der Waals surface area contributed by atoms with Crippen molar-refractivity contribution in [1.82, 2.24) is 0 Å². The second-order valence-corrected chi connectivity index (χ2v) is 12.2. The molecule has 0 spiro atoms. The average Bonchev–Trinajstić information content (AvgIpc) is 2.96. The molecule has 0 unspecified atom stereocenters. The summed E-state index contributed by atoms with van der Waals surface area (Å²) in [6, 6.07) is 0. The molecule has 246 valence electrons. The smallest absolute Gasteiger partial charge is 0.314 e. The molecule has 0 bridgehead atoms. The van der Waals surface area contributed by atoms with E-state index in [1.54, 1.807) is 0 Å². The van der Waals surface area contributed by atoms with E-state index in [1.165, 1.54) is 128 Å². The molecule has 0 saturated carbocycles. The van der Waals surface area contributed by atoms with Crippen LogP contribution in [0.2, 0.25) is 0 Å². The van der Waals surface area contributed by atoms with E-state index < -0.39 is 23.9 Å². The standard InChI is InChI=1S/C36H66O6/c1-3-5-7-9-11-13-15-17-19-21-23-25-27-29-33(37)41-35(39)31-32-36(40)42-34(38)30-28-26-24-22-20-18-16-14-12-10-8-6-4-2/h3-32H2,1-2H3. The average molecular weight is 595 g/mol. The maximum absolute atomic E-state index is 11.9. The van der Waals surface area contributed by atoms with Gasteiger partial charge in [-0.1, -0.05) is 168 Å². The van der Waals surface area contributed by atoms with Gasteiger partial charge in [0.2, 0.25) is 0 Å². The van der Waals surface area contributed by atoms with Crippen molar-refractivity contribution in [1.29, 1.82) is 0 Å². The van der Waals surface area contributed by atoms with Crippen LogP contribution in [0.15, 0.2) is 0 Å². The lowest BCUT2D eigenvalue weighted by atomic mass is 10.0. The summed E-state index contributed by atoms with van der Waals surface area (Å²) in [4.78, 5) is 47.4. The molecule has 0 N–H and O–H groups in total. The molecule has 6 nitrogen and oxygen atoms in total. The summed E-state index contributed by atoms with van der Waals surface area (Å²) < 4.78 is 9.59. The molecule has 0 heterocycles. The first-order valence-corrected chi connectivity index (χ1v) is 18.0. The highest BCUT2D eigenvalue weighted by Gasteiger charge is 2.15. The van der Waals surface area contributed by atoms with Crippen LogP contribution in [0.3, 0.4) is 0 Å². The Morgan fingerprint density at radius 3 is 0.714 bits per heavy atom. The van der Waals surface area contributed by atoms with Gasteiger partial charge in [-0.05, 0) is 12.8 Å². The van der Waals surface area contributed by atoms with E-state index in [0.717, 1.165) is 25.7 Å². The van der Waals surface area contributed by atoms with Gasteiger partial charge in [0.25, 0.3) is 0 Å². The number of hydrogen-bond donors (Lipinski definition) is 0. The molecule has 0 aliphatic heterocycles. The van der Waals surface area contributed by atoms with E-state index in [4.69, 9.17) is 9.47 Å². The van der Waals surface area contributed by atoms with Crippen LogP contribution in [-0.4, -0.2) is 23.9 Å². The zero-order valence-electron chi connectivity index (χ0n) is 27.7. The highest BCUT2D eigenvalue weighted by atomic mass is 16.6. The summed E-state index contributed by atoms with van der Waals surface area (Å²) in [7, 11) is 0. The predicted molar refractivity (Wildman–Crippen MR) is 172 cm³/mol. The van der Waals surface area contributed by atoms with Crippen molar-refractivity contribution in [3.63, 3.8) is 0 Å². The van der Waals surface area contributed by atoms with Gasteiger partial charge in [0.1, 0.15) is 0 Å². The van der Waals surface area contributed by atoms with Crippen LogP contribution >= 0.6 is 0 Å². The summed E-state index contributed by atoms with van der Waals surface area (Å²) in [5.74, 6) is -2.57. The van der Waals surface area contributed by atoms with Crippen LogP contribution in [0.25, 0.3) is 0 Å². The Kier molecular flexibility index (Phi) is 30.9. The molecule has 0 atom stereocenters. The van der Waals surface area contributed by atoms with Crippen LogP contribution in [-0.2, 0) is 28.7 Å². The molecule has 0 aliphatic rings. The topological polar surface area (TPSA) is 86.7 Å².